The fraction of sp³-hybridized carbons (Fsp3) is 0.333. The smallest absolute Gasteiger partial charge is 0.341 e. The molecule has 0 radical (unpaired) electrons. The standard InChI is InChI=1S/C18H21NO4S/c1-10(2)23-18(21)15-11(3)12(4)24-17(15)19-16(20)13-6-8-14(22-5)9-7-13/h6-10H,1-5H3,(H,19,20). The molecule has 2 aromatic rings. The number of hydrogen-bond donors (Lipinski definition) is 1. The van der Waals surface area contributed by atoms with Crippen LogP contribution in [-0.4, -0.2) is 25.1 Å². The van der Waals surface area contributed by atoms with Gasteiger partial charge in [-0.3, -0.25) is 4.79 Å². The van der Waals surface area contributed by atoms with Gasteiger partial charge in [-0.1, -0.05) is 0 Å². The number of anilines is 1. The van der Waals surface area contributed by atoms with Crippen molar-refractivity contribution in [2.75, 3.05) is 12.4 Å². The third-order valence-electron chi connectivity index (χ3n) is 3.51. The zero-order valence-electron chi connectivity index (χ0n) is 14.4. The quantitative estimate of drug-likeness (QED) is 0.824. The number of esters is 1. The van der Waals surface area contributed by atoms with Crippen molar-refractivity contribution in [3.05, 3.63) is 45.8 Å². The fourth-order valence-electron chi connectivity index (χ4n) is 2.15. The van der Waals surface area contributed by atoms with Gasteiger partial charge in [0.2, 0.25) is 0 Å². The van der Waals surface area contributed by atoms with Gasteiger partial charge in [0.05, 0.1) is 18.8 Å². The molecule has 0 unspecified atom stereocenters. The Kier molecular flexibility index (Phi) is 5.62. The summed E-state index contributed by atoms with van der Waals surface area (Å²) >= 11 is 1.37. The zero-order chi connectivity index (χ0) is 17.9. The lowest BCUT2D eigenvalue weighted by Crippen LogP contribution is -2.16. The van der Waals surface area contributed by atoms with Crippen LogP contribution in [0.4, 0.5) is 5.00 Å². The highest BCUT2D eigenvalue weighted by molar-refractivity contribution is 7.16. The Morgan fingerprint density at radius 2 is 1.75 bits per heavy atom. The minimum atomic E-state index is -0.420. The van der Waals surface area contributed by atoms with E-state index in [-0.39, 0.29) is 12.0 Å². The third kappa shape index (κ3) is 3.94. The van der Waals surface area contributed by atoms with Gasteiger partial charge >= 0.3 is 5.97 Å². The van der Waals surface area contributed by atoms with Crippen molar-refractivity contribution in [1.29, 1.82) is 0 Å². The number of nitrogens with one attached hydrogen (secondary N) is 1. The van der Waals surface area contributed by atoms with Crippen molar-refractivity contribution in [3.8, 4) is 5.75 Å². The van der Waals surface area contributed by atoms with E-state index in [9.17, 15) is 9.59 Å². The average Bonchev–Trinajstić information content (AvgIpc) is 2.81. The molecular weight excluding hydrogens is 326 g/mol. The first-order valence-corrected chi connectivity index (χ1v) is 8.41. The van der Waals surface area contributed by atoms with E-state index in [1.165, 1.54) is 11.3 Å². The lowest BCUT2D eigenvalue weighted by atomic mass is 10.1. The van der Waals surface area contributed by atoms with Crippen LogP contribution in [0.3, 0.4) is 0 Å². The zero-order valence-corrected chi connectivity index (χ0v) is 15.2. The second-order valence-electron chi connectivity index (χ2n) is 5.62. The number of amides is 1. The van der Waals surface area contributed by atoms with Crippen LogP contribution in [0.5, 0.6) is 5.75 Å². The molecule has 0 saturated heterocycles. The normalized spacial score (nSPS) is 10.6. The SMILES string of the molecule is COc1ccc(C(=O)Nc2sc(C)c(C)c2C(=O)OC(C)C)cc1. The van der Waals surface area contributed by atoms with Crippen molar-refractivity contribution in [2.24, 2.45) is 0 Å². The predicted octanol–water partition coefficient (Wildman–Crippen LogP) is 4.19. The number of thiophene rings is 1. The molecule has 1 heterocycles. The molecule has 0 saturated carbocycles. The first-order chi connectivity index (χ1) is 11.3. The van der Waals surface area contributed by atoms with E-state index in [0.29, 0.717) is 21.9 Å². The molecule has 24 heavy (non-hydrogen) atoms. The lowest BCUT2D eigenvalue weighted by molar-refractivity contribution is 0.0379. The van der Waals surface area contributed by atoms with Crippen LogP contribution in [0.25, 0.3) is 0 Å². The Labute approximate surface area is 145 Å². The molecule has 0 aliphatic carbocycles. The number of rotatable bonds is 5. The maximum atomic E-state index is 12.4. The summed E-state index contributed by atoms with van der Waals surface area (Å²) < 4.78 is 10.4. The van der Waals surface area contributed by atoms with E-state index in [1.54, 1.807) is 45.2 Å². The number of carbonyl (C=O) groups is 2. The molecule has 1 amide bonds. The van der Waals surface area contributed by atoms with Crippen molar-refractivity contribution in [1.82, 2.24) is 0 Å². The second kappa shape index (κ2) is 7.49. The van der Waals surface area contributed by atoms with Crippen molar-refractivity contribution < 1.29 is 19.1 Å². The molecule has 1 N–H and O–H groups in total. The van der Waals surface area contributed by atoms with Gasteiger partial charge in [-0.15, -0.1) is 11.3 Å². The third-order valence-corrected chi connectivity index (χ3v) is 4.63. The molecule has 0 aliphatic rings. The lowest BCUT2D eigenvalue weighted by Gasteiger charge is -2.10. The summed E-state index contributed by atoms with van der Waals surface area (Å²) in [5, 5.41) is 3.33. The summed E-state index contributed by atoms with van der Waals surface area (Å²) in [6, 6.07) is 6.78. The Morgan fingerprint density at radius 3 is 2.29 bits per heavy atom. The Morgan fingerprint density at radius 1 is 1.12 bits per heavy atom. The van der Waals surface area contributed by atoms with Gasteiger partial charge in [0.15, 0.2) is 0 Å². The van der Waals surface area contributed by atoms with Gasteiger partial charge < -0.3 is 14.8 Å². The van der Waals surface area contributed by atoms with Crippen LogP contribution < -0.4 is 10.1 Å². The number of carbonyl (C=O) groups excluding carboxylic acids is 2. The maximum absolute atomic E-state index is 12.4. The Bertz CT molecular complexity index is 747. The maximum Gasteiger partial charge on any atom is 0.341 e. The van der Waals surface area contributed by atoms with Crippen LogP contribution in [0, 0.1) is 13.8 Å². The van der Waals surface area contributed by atoms with Gasteiger partial charge in [-0.25, -0.2) is 4.79 Å². The van der Waals surface area contributed by atoms with Crippen LogP contribution >= 0.6 is 11.3 Å². The van der Waals surface area contributed by atoms with E-state index in [4.69, 9.17) is 9.47 Å². The van der Waals surface area contributed by atoms with Crippen molar-refractivity contribution >= 4 is 28.2 Å². The molecule has 2 rings (SSSR count). The van der Waals surface area contributed by atoms with Gasteiger partial charge in [0.1, 0.15) is 10.8 Å². The molecular formula is C18H21NO4S. The van der Waals surface area contributed by atoms with Gasteiger partial charge in [-0.2, -0.15) is 0 Å². The summed E-state index contributed by atoms with van der Waals surface area (Å²) in [7, 11) is 1.57. The molecule has 0 bridgehead atoms. The highest BCUT2D eigenvalue weighted by atomic mass is 32.1. The van der Waals surface area contributed by atoms with Crippen LogP contribution in [-0.2, 0) is 4.74 Å². The van der Waals surface area contributed by atoms with Crippen LogP contribution in [0.1, 0.15) is 45.0 Å². The molecule has 128 valence electrons. The van der Waals surface area contributed by atoms with E-state index in [2.05, 4.69) is 5.32 Å². The summed E-state index contributed by atoms with van der Waals surface area (Å²) in [6.07, 6.45) is -0.220. The molecule has 1 aromatic carbocycles. The molecule has 0 spiro atoms. The second-order valence-corrected chi connectivity index (χ2v) is 6.85. The number of hydrogen-bond acceptors (Lipinski definition) is 5. The molecule has 0 fully saturated rings. The molecule has 0 aliphatic heterocycles. The van der Waals surface area contributed by atoms with Gasteiger partial charge in [0.25, 0.3) is 5.91 Å². The predicted molar refractivity (Wildman–Crippen MR) is 95.3 cm³/mol. The first-order valence-electron chi connectivity index (χ1n) is 7.59. The number of methoxy groups -OCH3 is 1. The topological polar surface area (TPSA) is 64.6 Å². The first kappa shape index (κ1) is 18.0. The summed E-state index contributed by atoms with van der Waals surface area (Å²) in [5.74, 6) is -0.0232. The number of benzene rings is 1. The van der Waals surface area contributed by atoms with E-state index < -0.39 is 5.97 Å². The van der Waals surface area contributed by atoms with E-state index in [1.807, 2.05) is 13.8 Å². The minimum Gasteiger partial charge on any atom is -0.497 e. The summed E-state index contributed by atoms with van der Waals surface area (Å²) in [5.41, 5.74) is 1.74. The van der Waals surface area contributed by atoms with Crippen LogP contribution in [0.2, 0.25) is 0 Å². The molecule has 5 nitrogen and oxygen atoms in total. The molecule has 6 heteroatoms. The Hall–Kier alpha value is -2.34. The monoisotopic (exact) mass is 347 g/mol. The fourth-order valence-corrected chi connectivity index (χ4v) is 3.20. The number of aryl methyl sites for hydroxylation is 1. The minimum absolute atomic E-state index is 0.220. The van der Waals surface area contributed by atoms with E-state index >= 15 is 0 Å². The summed E-state index contributed by atoms with van der Waals surface area (Å²) in [4.78, 5) is 25.7. The van der Waals surface area contributed by atoms with Gasteiger partial charge in [0, 0.05) is 10.4 Å². The summed E-state index contributed by atoms with van der Waals surface area (Å²) in [6.45, 7) is 7.35. The molecule has 0 atom stereocenters. The number of ether oxygens (including phenoxy) is 2. The van der Waals surface area contributed by atoms with Crippen LogP contribution in [0.15, 0.2) is 24.3 Å². The Balaban J connectivity index is 2.26. The van der Waals surface area contributed by atoms with Crippen molar-refractivity contribution in [3.63, 3.8) is 0 Å². The average molecular weight is 347 g/mol. The molecule has 1 aromatic heterocycles. The highest BCUT2D eigenvalue weighted by Crippen LogP contribution is 2.33. The highest BCUT2D eigenvalue weighted by Gasteiger charge is 2.23. The van der Waals surface area contributed by atoms with Crippen molar-refractivity contribution in [2.45, 2.75) is 33.8 Å². The largest absolute Gasteiger partial charge is 0.497 e. The van der Waals surface area contributed by atoms with E-state index in [0.717, 1.165) is 10.4 Å². The van der Waals surface area contributed by atoms with Gasteiger partial charge in [-0.05, 0) is 57.5 Å².